The van der Waals surface area contributed by atoms with Gasteiger partial charge in [0.1, 0.15) is 6.61 Å². The van der Waals surface area contributed by atoms with Crippen LogP contribution in [0.5, 0.6) is 0 Å². The summed E-state index contributed by atoms with van der Waals surface area (Å²) in [4.78, 5) is 24.5. The fourth-order valence-electron chi connectivity index (χ4n) is 9.06. The Morgan fingerprint density at radius 3 is 0.942 bits per heavy atom. The zero-order valence-electron chi connectivity index (χ0n) is 46.1. The topological polar surface area (TPSA) is 72.8 Å². The van der Waals surface area contributed by atoms with E-state index in [0.717, 1.165) is 64.2 Å². The minimum atomic E-state index is -0.768. The summed E-state index contributed by atoms with van der Waals surface area (Å²) in [6, 6.07) is 0. The zero-order chi connectivity index (χ0) is 49.9. The summed E-state index contributed by atoms with van der Waals surface area (Å²) in [5.41, 5.74) is 0. The van der Waals surface area contributed by atoms with Crippen molar-refractivity contribution < 1.29 is 24.2 Å². The molecular weight excluding hydrogens is 849 g/mol. The van der Waals surface area contributed by atoms with Crippen molar-refractivity contribution in [2.75, 3.05) is 13.2 Å². The first-order chi connectivity index (χ1) is 34.1. The molecule has 0 rings (SSSR count). The van der Waals surface area contributed by atoms with Gasteiger partial charge in [-0.25, -0.2) is 0 Å². The molecule has 0 bridgehead atoms. The predicted molar refractivity (Wildman–Crippen MR) is 302 cm³/mol. The summed E-state index contributed by atoms with van der Waals surface area (Å²) in [6.07, 6.45) is 80.8. The molecule has 69 heavy (non-hydrogen) atoms. The van der Waals surface area contributed by atoms with Gasteiger partial charge < -0.3 is 14.6 Å². The number of aliphatic hydroxyl groups is 1. The third-order valence-corrected chi connectivity index (χ3v) is 13.6. The highest BCUT2D eigenvalue weighted by atomic mass is 16.6. The Morgan fingerprint density at radius 2 is 0.623 bits per heavy atom. The summed E-state index contributed by atoms with van der Waals surface area (Å²) >= 11 is 0. The number of esters is 2. The van der Waals surface area contributed by atoms with Crippen molar-refractivity contribution in [3.05, 3.63) is 60.8 Å². The molecule has 0 aliphatic heterocycles. The van der Waals surface area contributed by atoms with Gasteiger partial charge in [0.15, 0.2) is 6.10 Å². The van der Waals surface area contributed by atoms with E-state index in [-0.39, 0.29) is 25.2 Å². The molecule has 1 N–H and O–H groups in total. The summed E-state index contributed by atoms with van der Waals surface area (Å²) in [7, 11) is 0. The lowest BCUT2D eigenvalue weighted by atomic mass is 10.0. The van der Waals surface area contributed by atoms with Gasteiger partial charge in [0.05, 0.1) is 6.61 Å². The number of unbranched alkanes of at least 4 members (excludes halogenated alkanes) is 38. The number of aliphatic hydroxyl groups excluding tert-OH is 1. The van der Waals surface area contributed by atoms with Crippen molar-refractivity contribution >= 4 is 11.9 Å². The Morgan fingerprint density at radius 1 is 0.348 bits per heavy atom. The van der Waals surface area contributed by atoms with Gasteiger partial charge >= 0.3 is 11.9 Å². The van der Waals surface area contributed by atoms with Gasteiger partial charge in [-0.3, -0.25) is 9.59 Å². The Balaban J connectivity index is 3.39. The molecule has 0 heterocycles. The van der Waals surface area contributed by atoms with Crippen LogP contribution in [0.2, 0.25) is 0 Å². The van der Waals surface area contributed by atoms with E-state index in [1.807, 2.05) is 0 Å². The SMILES string of the molecule is CC/C=C\C/C=C\C/C=C\C/C=C\C/C=C\CCCCCCCCCCCCCCCCCCCCCCCCCC(=O)OC(CO)COC(=O)CCCCCCCCCCCCCCCCCC. The quantitative estimate of drug-likeness (QED) is 0.0373. The smallest absolute Gasteiger partial charge is 0.306 e. The van der Waals surface area contributed by atoms with Crippen LogP contribution in [-0.2, 0) is 19.1 Å². The van der Waals surface area contributed by atoms with Gasteiger partial charge in [-0.2, -0.15) is 0 Å². The monoisotopic (exact) mass is 965 g/mol. The number of hydrogen-bond donors (Lipinski definition) is 1. The highest BCUT2D eigenvalue weighted by Gasteiger charge is 2.16. The molecule has 0 saturated carbocycles. The van der Waals surface area contributed by atoms with Crippen LogP contribution < -0.4 is 0 Å². The molecule has 0 spiro atoms. The first kappa shape index (κ1) is 66.6. The summed E-state index contributed by atoms with van der Waals surface area (Å²) < 4.78 is 10.7. The van der Waals surface area contributed by atoms with Crippen molar-refractivity contribution in [3.8, 4) is 0 Å². The van der Waals surface area contributed by atoms with Crippen LogP contribution in [0.15, 0.2) is 60.8 Å². The Bertz CT molecular complexity index is 1180. The molecule has 0 aromatic carbocycles. The first-order valence-corrected chi connectivity index (χ1v) is 30.3. The average Bonchev–Trinajstić information content (AvgIpc) is 3.35. The standard InChI is InChI=1S/C64H116O5/c1-3-5-7-9-11-13-15-17-19-21-22-23-24-25-26-27-28-29-30-31-32-33-34-35-36-37-38-39-40-41-42-43-45-47-49-51-53-55-57-59-64(67)69-62(60-65)61-68-63(66)58-56-54-52-50-48-46-44-20-18-16-14-12-10-8-6-4-2/h5,7,11,13,17,19,22-23,25-26,62,65H,3-4,6,8-10,12,14-16,18,20-21,24,27-61H2,1-2H3/b7-5-,13-11-,19-17-,23-22-,26-25-. The number of ether oxygens (including phenoxy) is 2. The Hall–Kier alpha value is -2.40. The molecule has 402 valence electrons. The summed E-state index contributed by atoms with van der Waals surface area (Å²) in [5, 5.41) is 9.65. The van der Waals surface area contributed by atoms with Crippen LogP contribution in [0, 0.1) is 0 Å². The molecule has 5 nitrogen and oxygen atoms in total. The lowest BCUT2D eigenvalue weighted by Gasteiger charge is -2.15. The molecule has 1 unspecified atom stereocenters. The summed E-state index contributed by atoms with van der Waals surface area (Å²) in [5.74, 6) is -0.572. The van der Waals surface area contributed by atoms with Gasteiger partial charge in [0, 0.05) is 12.8 Å². The third kappa shape index (κ3) is 58.1. The number of rotatable bonds is 56. The van der Waals surface area contributed by atoms with E-state index in [2.05, 4.69) is 74.6 Å². The number of hydrogen-bond acceptors (Lipinski definition) is 5. The minimum absolute atomic E-state index is 0.0598. The van der Waals surface area contributed by atoms with E-state index in [0.29, 0.717) is 12.8 Å². The van der Waals surface area contributed by atoms with E-state index in [1.165, 1.54) is 225 Å². The highest BCUT2D eigenvalue weighted by Crippen LogP contribution is 2.18. The van der Waals surface area contributed by atoms with E-state index >= 15 is 0 Å². The second kappa shape index (κ2) is 59.9. The van der Waals surface area contributed by atoms with E-state index in [1.54, 1.807) is 0 Å². The molecular formula is C64H116O5. The Kier molecular flexibility index (Phi) is 57.8. The largest absolute Gasteiger partial charge is 0.462 e. The molecule has 0 aliphatic rings. The highest BCUT2D eigenvalue weighted by molar-refractivity contribution is 5.70. The third-order valence-electron chi connectivity index (χ3n) is 13.6. The predicted octanol–water partition coefficient (Wildman–Crippen LogP) is 20.6. The van der Waals surface area contributed by atoms with Crippen LogP contribution in [0.3, 0.4) is 0 Å². The van der Waals surface area contributed by atoms with Crippen LogP contribution in [0.25, 0.3) is 0 Å². The fraction of sp³-hybridized carbons (Fsp3) is 0.812. The maximum absolute atomic E-state index is 12.3. The molecule has 0 fully saturated rings. The van der Waals surface area contributed by atoms with Crippen molar-refractivity contribution in [3.63, 3.8) is 0 Å². The van der Waals surface area contributed by atoms with Crippen molar-refractivity contribution in [1.29, 1.82) is 0 Å². The van der Waals surface area contributed by atoms with Crippen LogP contribution in [0.4, 0.5) is 0 Å². The Labute approximate surface area is 430 Å². The van der Waals surface area contributed by atoms with Crippen molar-refractivity contribution in [2.24, 2.45) is 0 Å². The molecule has 5 heteroatoms. The van der Waals surface area contributed by atoms with Crippen molar-refractivity contribution in [1.82, 2.24) is 0 Å². The minimum Gasteiger partial charge on any atom is -0.462 e. The molecule has 1 atom stereocenters. The van der Waals surface area contributed by atoms with Gasteiger partial charge in [-0.15, -0.1) is 0 Å². The summed E-state index contributed by atoms with van der Waals surface area (Å²) in [6.45, 7) is 4.07. The number of carbonyl (C=O) groups excluding carboxylic acids is 2. The molecule has 0 radical (unpaired) electrons. The second-order valence-electron chi connectivity index (χ2n) is 20.4. The molecule has 0 aliphatic carbocycles. The molecule has 0 amide bonds. The maximum Gasteiger partial charge on any atom is 0.306 e. The van der Waals surface area contributed by atoms with Gasteiger partial charge in [-0.05, 0) is 57.8 Å². The zero-order valence-corrected chi connectivity index (χ0v) is 46.1. The molecule has 0 aromatic rings. The van der Waals surface area contributed by atoms with Crippen LogP contribution in [0.1, 0.15) is 316 Å². The van der Waals surface area contributed by atoms with Gasteiger partial charge in [-0.1, -0.05) is 306 Å². The van der Waals surface area contributed by atoms with Crippen LogP contribution in [-0.4, -0.2) is 36.4 Å². The van der Waals surface area contributed by atoms with E-state index in [9.17, 15) is 14.7 Å². The normalized spacial score (nSPS) is 12.6. The number of carbonyl (C=O) groups is 2. The van der Waals surface area contributed by atoms with Crippen molar-refractivity contribution in [2.45, 2.75) is 322 Å². The maximum atomic E-state index is 12.3. The second-order valence-corrected chi connectivity index (χ2v) is 20.4. The van der Waals surface area contributed by atoms with E-state index in [4.69, 9.17) is 9.47 Å². The molecule has 0 saturated heterocycles. The van der Waals surface area contributed by atoms with E-state index < -0.39 is 6.10 Å². The fourth-order valence-corrected chi connectivity index (χ4v) is 9.06. The van der Waals surface area contributed by atoms with Gasteiger partial charge in [0.2, 0.25) is 0 Å². The average molecular weight is 966 g/mol. The lowest BCUT2D eigenvalue weighted by molar-refractivity contribution is -0.161. The van der Waals surface area contributed by atoms with Crippen LogP contribution >= 0.6 is 0 Å². The van der Waals surface area contributed by atoms with Gasteiger partial charge in [0.25, 0.3) is 0 Å². The first-order valence-electron chi connectivity index (χ1n) is 30.3. The lowest BCUT2D eigenvalue weighted by Crippen LogP contribution is -2.28. The molecule has 0 aromatic heterocycles. The number of allylic oxidation sites excluding steroid dienone is 10.